The number of nitrogens with one attached hydrogen (secondary N) is 1. The Hall–Kier alpha value is -1.16. The van der Waals surface area contributed by atoms with Crippen LogP contribution >= 0.6 is 0 Å². The van der Waals surface area contributed by atoms with E-state index in [0.717, 1.165) is 36.7 Å². The Kier molecular flexibility index (Phi) is 4.32. The Labute approximate surface area is 84.4 Å². The molecule has 0 fully saturated rings. The van der Waals surface area contributed by atoms with Crippen LogP contribution in [0.4, 0.5) is 5.82 Å². The maximum atomic E-state index is 8.63. The van der Waals surface area contributed by atoms with Crippen LogP contribution < -0.4 is 5.32 Å². The standard InChI is InChI=1S/C10H17N3O/c1-3-9-7-10(11-5-4-6-14)13-8(2)12-9/h7,14H,3-6H2,1-2H3,(H,11,12,13). The van der Waals surface area contributed by atoms with Crippen molar-refractivity contribution in [3.63, 3.8) is 0 Å². The molecule has 78 valence electrons. The second-order valence-electron chi connectivity index (χ2n) is 3.15. The van der Waals surface area contributed by atoms with Gasteiger partial charge in [-0.15, -0.1) is 0 Å². The Morgan fingerprint density at radius 3 is 2.86 bits per heavy atom. The summed E-state index contributed by atoms with van der Waals surface area (Å²) in [6.45, 7) is 4.91. The van der Waals surface area contributed by atoms with Crippen molar-refractivity contribution in [1.82, 2.24) is 9.97 Å². The van der Waals surface area contributed by atoms with E-state index in [9.17, 15) is 0 Å². The highest BCUT2D eigenvalue weighted by Gasteiger charge is 1.99. The third-order valence-electron chi connectivity index (χ3n) is 1.89. The highest BCUT2D eigenvalue weighted by atomic mass is 16.3. The zero-order valence-electron chi connectivity index (χ0n) is 8.75. The summed E-state index contributed by atoms with van der Waals surface area (Å²) in [5.74, 6) is 1.64. The third-order valence-corrected chi connectivity index (χ3v) is 1.89. The Balaban J connectivity index is 2.62. The van der Waals surface area contributed by atoms with Crippen molar-refractivity contribution < 1.29 is 5.11 Å². The van der Waals surface area contributed by atoms with Crippen molar-refractivity contribution >= 4 is 5.82 Å². The highest BCUT2D eigenvalue weighted by molar-refractivity contribution is 5.35. The van der Waals surface area contributed by atoms with Gasteiger partial charge in [0.1, 0.15) is 11.6 Å². The predicted octanol–water partition coefficient (Wildman–Crippen LogP) is 1.14. The summed E-state index contributed by atoms with van der Waals surface area (Å²) in [6.07, 6.45) is 1.66. The zero-order chi connectivity index (χ0) is 10.4. The summed E-state index contributed by atoms with van der Waals surface area (Å²) in [4.78, 5) is 8.53. The number of aryl methyl sites for hydroxylation is 2. The number of hydrogen-bond donors (Lipinski definition) is 2. The first kappa shape index (κ1) is 10.9. The van der Waals surface area contributed by atoms with E-state index in [2.05, 4.69) is 22.2 Å². The van der Waals surface area contributed by atoms with Crippen molar-refractivity contribution in [2.45, 2.75) is 26.7 Å². The average Bonchev–Trinajstić information content (AvgIpc) is 2.17. The van der Waals surface area contributed by atoms with Crippen LogP contribution in [0.1, 0.15) is 24.9 Å². The molecule has 4 heteroatoms. The van der Waals surface area contributed by atoms with Crippen molar-refractivity contribution in [3.8, 4) is 0 Å². The molecule has 0 bridgehead atoms. The van der Waals surface area contributed by atoms with Crippen LogP contribution in [-0.4, -0.2) is 28.2 Å². The zero-order valence-corrected chi connectivity index (χ0v) is 8.75. The van der Waals surface area contributed by atoms with Gasteiger partial charge in [-0.2, -0.15) is 0 Å². The summed E-state index contributed by atoms with van der Waals surface area (Å²) in [6, 6.07) is 1.95. The molecule has 14 heavy (non-hydrogen) atoms. The first-order valence-electron chi connectivity index (χ1n) is 4.95. The van der Waals surface area contributed by atoms with E-state index < -0.39 is 0 Å². The SMILES string of the molecule is CCc1cc(NCCCO)nc(C)n1. The summed E-state index contributed by atoms with van der Waals surface area (Å²) in [5, 5.41) is 11.8. The fourth-order valence-electron chi connectivity index (χ4n) is 1.20. The Morgan fingerprint density at radius 2 is 2.21 bits per heavy atom. The van der Waals surface area contributed by atoms with Crippen molar-refractivity contribution in [2.24, 2.45) is 0 Å². The van der Waals surface area contributed by atoms with Crippen LogP contribution in [0.5, 0.6) is 0 Å². The third kappa shape index (κ3) is 3.30. The van der Waals surface area contributed by atoms with Gasteiger partial charge in [-0.25, -0.2) is 9.97 Å². The maximum Gasteiger partial charge on any atom is 0.129 e. The summed E-state index contributed by atoms with van der Waals surface area (Å²) in [5.41, 5.74) is 1.05. The molecule has 1 heterocycles. The molecular formula is C10H17N3O. The number of aliphatic hydroxyl groups is 1. The summed E-state index contributed by atoms with van der Waals surface area (Å²) in [7, 11) is 0. The lowest BCUT2D eigenvalue weighted by molar-refractivity contribution is 0.292. The molecule has 0 radical (unpaired) electrons. The second kappa shape index (κ2) is 5.54. The monoisotopic (exact) mass is 195 g/mol. The lowest BCUT2D eigenvalue weighted by Crippen LogP contribution is -2.07. The van der Waals surface area contributed by atoms with Gasteiger partial charge in [0.2, 0.25) is 0 Å². The van der Waals surface area contributed by atoms with Crippen LogP contribution in [-0.2, 0) is 6.42 Å². The van der Waals surface area contributed by atoms with E-state index in [4.69, 9.17) is 5.11 Å². The minimum Gasteiger partial charge on any atom is -0.396 e. The quantitative estimate of drug-likeness (QED) is 0.692. The molecule has 0 aliphatic heterocycles. The van der Waals surface area contributed by atoms with Gasteiger partial charge < -0.3 is 10.4 Å². The molecule has 0 aliphatic rings. The molecule has 0 spiro atoms. The van der Waals surface area contributed by atoms with E-state index in [1.807, 2.05) is 13.0 Å². The fourth-order valence-corrected chi connectivity index (χ4v) is 1.20. The fraction of sp³-hybridized carbons (Fsp3) is 0.600. The van der Waals surface area contributed by atoms with Gasteiger partial charge in [-0.05, 0) is 19.8 Å². The molecular weight excluding hydrogens is 178 g/mol. The molecule has 0 unspecified atom stereocenters. The van der Waals surface area contributed by atoms with E-state index in [0.29, 0.717) is 0 Å². The van der Waals surface area contributed by atoms with Crippen molar-refractivity contribution in [1.29, 1.82) is 0 Å². The van der Waals surface area contributed by atoms with Crippen molar-refractivity contribution in [3.05, 3.63) is 17.6 Å². The summed E-state index contributed by atoms with van der Waals surface area (Å²) >= 11 is 0. The number of anilines is 1. The molecule has 1 aromatic heterocycles. The van der Waals surface area contributed by atoms with E-state index >= 15 is 0 Å². The number of nitrogens with zero attached hydrogens (tertiary/aromatic N) is 2. The first-order chi connectivity index (χ1) is 6.76. The Bertz CT molecular complexity index is 289. The van der Waals surface area contributed by atoms with Crippen molar-refractivity contribution in [2.75, 3.05) is 18.5 Å². The number of hydrogen-bond acceptors (Lipinski definition) is 4. The normalized spacial score (nSPS) is 10.2. The molecule has 0 aromatic carbocycles. The predicted molar refractivity (Wildman–Crippen MR) is 56.3 cm³/mol. The lowest BCUT2D eigenvalue weighted by Gasteiger charge is -2.06. The molecule has 0 atom stereocenters. The van der Waals surface area contributed by atoms with Gasteiger partial charge in [0.25, 0.3) is 0 Å². The van der Waals surface area contributed by atoms with Crippen LogP contribution in [0, 0.1) is 6.92 Å². The molecule has 0 amide bonds. The Morgan fingerprint density at radius 1 is 1.43 bits per heavy atom. The van der Waals surface area contributed by atoms with Crippen LogP contribution in [0.15, 0.2) is 6.07 Å². The van der Waals surface area contributed by atoms with Gasteiger partial charge in [0.05, 0.1) is 0 Å². The van der Waals surface area contributed by atoms with Gasteiger partial charge >= 0.3 is 0 Å². The number of aromatic nitrogens is 2. The van der Waals surface area contributed by atoms with Crippen LogP contribution in [0.25, 0.3) is 0 Å². The molecule has 0 saturated carbocycles. The van der Waals surface area contributed by atoms with E-state index in [-0.39, 0.29) is 6.61 Å². The molecule has 2 N–H and O–H groups in total. The number of aliphatic hydroxyl groups excluding tert-OH is 1. The first-order valence-corrected chi connectivity index (χ1v) is 4.95. The topological polar surface area (TPSA) is 58.0 Å². The maximum absolute atomic E-state index is 8.63. The van der Waals surface area contributed by atoms with Gasteiger partial charge in [-0.3, -0.25) is 0 Å². The summed E-state index contributed by atoms with van der Waals surface area (Å²) < 4.78 is 0. The van der Waals surface area contributed by atoms with Gasteiger partial charge in [0.15, 0.2) is 0 Å². The molecule has 0 saturated heterocycles. The van der Waals surface area contributed by atoms with Crippen LogP contribution in [0.3, 0.4) is 0 Å². The highest BCUT2D eigenvalue weighted by Crippen LogP contribution is 2.06. The molecule has 1 rings (SSSR count). The van der Waals surface area contributed by atoms with Crippen LogP contribution in [0.2, 0.25) is 0 Å². The van der Waals surface area contributed by atoms with Gasteiger partial charge in [0, 0.05) is 24.9 Å². The average molecular weight is 195 g/mol. The molecule has 0 aliphatic carbocycles. The molecule has 1 aromatic rings. The smallest absolute Gasteiger partial charge is 0.129 e. The number of rotatable bonds is 5. The second-order valence-corrected chi connectivity index (χ2v) is 3.15. The lowest BCUT2D eigenvalue weighted by atomic mass is 10.3. The van der Waals surface area contributed by atoms with E-state index in [1.165, 1.54) is 0 Å². The van der Waals surface area contributed by atoms with Gasteiger partial charge in [-0.1, -0.05) is 6.92 Å². The minimum absolute atomic E-state index is 0.206. The van der Waals surface area contributed by atoms with E-state index in [1.54, 1.807) is 0 Å². The minimum atomic E-state index is 0.206. The largest absolute Gasteiger partial charge is 0.396 e. The molecule has 4 nitrogen and oxygen atoms in total.